The first-order valence-electron chi connectivity index (χ1n) is 5.48. The van der Waals surface area contributed by atoms with Gasteiger partial charge >= 0.3 is 5.69 Å². The summed E-state index contributed by atoms with van der Waals surface area (Å²) >= 11 is 0. The molecule has 0 atom stereocenters. The number of nitrogens with zero attached hydrogens (tertiary/aromatic N) is 1. The van der Waals surface area contributed by atoms with Gasteiger partial charge in [-0.05, 0) is 0 Å². The Morgan fingerprint density at radius 3 is 2.26 bits per heavy atom. The van der Waals surface area contributed by atoms with Crippen molar-refractivity contribution in [1.82, 2.24) is 0 Å². The number of benzene rings is 1. The number of nitro groups is 1. The molecule has 0 aliphatic heterocycles. The molecule has 0 aliphatic rings. The SMILES string of the molecule is Nc1cc([N+](=O)[O-])c(F)c(NCCO)c1NCCO. The van der Waals surface area contributed by atoms with Crippen LogP contribution in [0.1, 0.15) is 0 Å². The van der Waals surface area contributed by atoms with E-state index in [1.54, 1.807) is 0 Å². The summed E-state index contributed by atoms with van der Waals surface area (Å²) in [5, 5.41) is 33.3. The second-order valence-electron chi connectivity index (χ2n) is 3.61. The van der Waals surface area contributed by atoms with Crippen molar-refractivity contribution in [2.24, 2.45) is 0 Å². The van der Waals surface area contributed by atoms with Crippen LogP contribution in [-0.4, -0.2) is 41.4 Å². The fourth-order valence-electron chi connectivity index (χ4n) is 1.52. The molecule has 0 unspecified atom stereocenters. The molecular formula is C10H15FN4O4. The normalized spacial score (nSPS) is 10.3. The van der Waals surface area contributed by atoms with E-state index in [1.807, 2.05) is 0 Å². The Balaban J connectivity index is 3.27. The van der Waals surface area contributed by atoms with Crippen molar-refractivity contribution in [2.45, 2.75) is 0 Å². The fraction of sp³-hybridized carbons (Fsp3) is 0.400. The van der Waals surface area contributed by atoms with Crippen LogP contribution in [0.25, 0.3) is 0 Å². The van der Waals surface area contributed by atoms with Crippen molar-refractivity contribution in [3.05, 3.63) is 22.0 Å². The summed E-state index contributed by atoms with van der Waals surface area (Å²) in [5.41, 5.74) is 4.76. The average molecular weight is 274 g/mol. The zero-order valence-electron chi connectivity index (χ0n) is 10.0. The zero-order valence-corrected chi connectivity index (χ0v) is 10.0. The van der Waals surface area contributed by atoms with Crippen LogP contribution in [0, 0.1) is 15.9 Å². The lowest BCUT2D eigenvalue weighted by Gasteiger charge is -2.16. The van der Waals surface area contributed by atoms with E-state index in [1.165, 1.54) is 0 Å². The highest BCUT2D eigenvalue weighted by Crippen LogP contribution is 2.37. The number of nitrogen functional groups attached to an aromatic ring is 1. The summed E-state index contributed by atoms with van der Waals surface area (Å²) in [6, 6.07) is 0.902. The summed E-state index contributed by atoms with van der Waals surface area (Å²) in [6.07, 6.45) is 0. The predicted octanol–water partition coefficient (Wildman–Crippen LogP) is 0.124. The topological polar surface area (TPSA) is 134 Å². The molecule has 0 radical (unpaired) electrons. The Hall–Kier alpha value is -2.13. The lowest BCUT2D eigenvalue weighted by Crippen LogP contribution is -2.15. The lowest BCUT2D eigenvalue weighted by molar-refractivity contribution is -0.387. The maximum Gasteiger partial charge on any atom is 0.309 e. The van der Waals surface area contributed by atoms with E-state index < -0.39 is 16.4 Å². The minimum atomic E-state index is -1.08. The smallest absolute Gasteiger partial charge is 0.309 e. The predicted molar refractivity (Wildman–Crippen MR) is 68.6 cm³/mol. The molecule has 1 rings (SSSR count). The highest BCUT2D eigenvalue weighted by atomic mass is 19.1. The van der Waals surface area contributed by atoms with E-state index in [0.29, 0.717) is 0 Å². The van der Waals surface area contributed by atoms with E-state index in [2.05, 4.69) is 10.6 Å². The fourth-order valence-corrected chi connectivity index (χ4v) is 1.52. The second kappa shape index (κ2) is 6.71. The third-order valence-corrected chi connectivity index (χ3v) is 2.30. The highest BCUT2D eigenvalue weighted by Gasteiger charge is 2.23. The first kappa shape index (κ1) is 14.9. The number of anilines is 3. The van der Waals surface area contributed by atoms with E-state index in [4.69, 9.17) is 15.9 Å². The molecule has 1 aromatic rings. The van der Waals surface area contributed by atoms with Crippen LogP contribution in [0.15, 0.2) is 6.07 Å². The van der Waals surface area contributed by atoms with Gasteiger partial charge in [0.15, 0.2) is 0 Å². The standard InChI is InChI=1S/C10H15FN4O4/c11-8-7(15(18)19)5-6(12)9(13-1-3-16)10(8)14-2-4-17/h5,13-14,16-17H,1-4,12H2. The second-order valence-corrected chi connectivity index (χ2v) is 3.61. The van der Waals surface area contributed by atoms with E-state index in [9.17, 15) is 14.5 Å². The number of nitrogens with two attached hydrogens (primary N) is 1. The summed E-state index contributed by atoms with van der Waals surface area (Å²) in [4.78, 5) is 9.81. The van der Waals surface area contributed by atoms with Gasteiger partial charge in [-0.1, -0.05) is 0 Å². The third kappa shape index (κ3) is 3.42. The minimum absolute atomic E-state index is 0.00529. The van der Waals surface area contributed by atoms with Gasteiger partial charge in [0.25, 0.3) is 0 Å². The molecule has 0 fully saturated rings. The van der Waals surface area contributed by atoms with E-state index in [-0.39, 0.29) is 43.4 Å². The van der Waals surface area contributed by atoms with Crippen LogP contribution in [0.2, 0.25) is 0 Å². The van der Waals surface area contributed by atoms with Gasteiger partial charge in [0.2, 0.25) is 5.82 Å². The monoisotopic (exact) mass is 274 g/mol. The molecule has 0 spiro atoms. The van der Waals surface area contributed by atoms with Crippen LogP contribution in [0.5, 0.6) is 0 Å². The molecule has 106 valence electrons. The van der Waals surface area contributed by atoms with Gasteiger partial charge in [-0.15, -0.1) is 0 Å². The van der Waals surface area contributed by atoms with Crippen molar-refractivity contribution < 1.29 is 19.5 Å². The van der Waals surface area contributed by atoms with Gasteiger partial charge in [0.1, 0.15) is 5.69 Å². The molecule has 0 aromatic heterocycles. The minimum Gasteiger partial charge on any atom is -0.397 e. The molecule has 0 saturated heterocycles. The average Bonchev–Trinajstić information content (AvgIpc) is 2.37. The van der Waals surface area contributed by atoms with Crippen molar-refractivity contribution in [2.75, 3.05) is 42.7 Å². The Morgan fingerprint density at radius 2 is 1.79 bits per heavy atom. The number of nitro benzene ring substituents is 1. The maximum atomic E-state index is 14.0. The molecule has 19 heavy (non-hydrogen) atoms. The van der Waals surface area contributed by atoms with Crippen molar-refractivity contribution >= 4 is 22.7 Å². The summed E-state index contributed by atoms with van der Waals surface area (Å²) in [6.45, 7) is -0.375. The van der Waals surface area contributed by atoms with Gasteiger partial charge < -0.3 is 26.6 Å². The zero-order chi connectivity index (χ0) is 14.4. The number of nitrogens with one attached hydrogen (secondary N) is 2. The molecule has 0 heterocycles. The van der Waals surface area contributed by atoms with Crippen molar-refractivity contribution in [3.63, 3.8) is 0 Å². The van der Waals surface area contributed by atoms with Crippen LogP contribution in [0.3, 0.4) is 0 Å². The largest absolute Gasteiger partial charge is 0.397 e. The molecule has 1 aromatic carbocycles. The van der Waals surface area contributed by atoms with Crippen LogP contribution in [-0.2, 0) is 0 Å². The van der Waals surface area contributed by atoms with E-state index >= 15 is 0 Å². The Bertz CT molecular complexity index is 469. The maximum absolute atomic E-state index is 14.0. The quantitative estimate of drug-likeness (QED) is 0.271. The Kier molecular flexibility index (Phi) is 5.27. The number of rotatable bonds is 7. The molecule has 8 nitrogen and oxygen atoms in total. The van der Waals surface area contributed by atoms with Crippen molar-refractivity contribution in [1.29, 1.82) is 0 Å². The van der Waals surface area contributed by atoms with Crippen molar-refractivity contribution in [3.8, 4) is 0 Å². The van der Waals surface area contributed by atoms with Gasteiger partial charge in [-0.3, -0.25) is 10.1 Å². The number of hydrogen-bond acceptors (Lipinski definition) is 7. The van der Waals surface area contributed by atoms with E-state index in [0.717, 1.165) is 6.07 Å². The van der Waals surface area contributed by atoms with Crippen LogP contribution < -0.4 is 16.4 Å². The molecule has 6 N–H and O–H groups in total. The molecular weight excluding hydrogens is 259 g/mol. The molecule has 0 bridgehead atoms. The Labute approximate surface area is 108 Å². The molecule has 0 amide bonds. The number of aliphatic hydroxyl groups is 2. The van der Waals surface area contributed by atoms with Gasteiger partial charge in [-0.25, -0.2) is 0 Å². The third-order valence-electron chi connectivity index (χ3n) is 2.30. The summed E-state index contributed by atoms with van der Waals surface area (Å²) in [5.74, 6) is -1.08. The van der Waals surface area contributed by atoms with Crippen LogP contribution in [0.4, 0.5) is 27.1 Å². The van der Waals surface area contributed by atoms with Gasteiger partial charge in [-0.2, -0.15) is 4.39 Å². The molecule has 0 saturated carbocycles. The van der Waals surface area contributed by atoms with Gasteiger partial charge in [0, 0.05) is 19.2 Å². The lowest BCUT2D eigenvalue weighted by atomic mass is 10.2. The van der Waals surface area contributed by atoms with Crippen LogP contribution >= 0.6 is 0 Å². The number of aliphatic hydroxyl groups excluding tert-OH is 2. The number of hydrogen-bond donors (Lipinski definition) is 5. The molecule has 9 heteroatoms. The Morgan fingerprint density at radius 1 is 1.26 bits per heavy atom. The van der Waals surface area contributed by atoms with Gasteiger partial charge in [0.05, 0.1) is 29.5 Å². The number of halogens is 1. The summed E-state index contributed by atoms with van der Waals surface area (Å²) in [7, 11) is 0. The first-order chi connectivity index (χ1) is 9.02. The highest BCUT2D eigenvalue weighted by molar-refractivity contribution is 5.84. The first-order valence-corrected chi connectivity index (χ1v) is 5.48. The summed E-state index contributed by atoms with van der Waals surface area (Å²) < 4.78 is 14.0. The molecule has 0 aliphatic carbocycles.